The maximum absolute atomic E-state index is 13.1. The summed E-state index contributed by atoms with van der Waals surface area (Å²) >= 11 is 0. The van der Waals surface area contributed by atoms with E-state index in [9.17, 15) is 27.2 Å². The van der Waals surface area contributed by atoms with Gasteiger partial charge in [0.1, 0.15) is 5.82 Å². The molecule has 0 aliphatic carbocycles. The van der Waals surface area contributed by atoms with Gasteiger partial charge in [0, 0.05) is 18.7 Å². The number of carbonyl (C=O) groups excluding carboxylic acids is 3. The molecule has 2 aromatic rings. The summed E-state index contributed by atoms with van der Waals surface area (Å²) in [5.41, 5.74) is 5.35. The minimum Gasteiger partial charge on any atom is -0.450 e. The molecule has 150 valence electrons. The summed E-state index contributed by atoms with van der Waals surface area (Å²) in [5, 5.41) is 4.23. The molecule has 0 unspecified atom stereocenters. The number of amides is 2. The Kier molecular flexibility index (Phi) is 6.49. The molecule has 0 fully saturated rings. The first-order chi connectivity index (χ1) is 13.1. The van der Waals surface area contributed by atoms with Crippen LogP contribution in [0.15, 0.2) is 45.9 Å². The van der Waals surface area contributed by atoms with Crippen molar-refractivity contribution >= 4 is 33.5 Å². The molecule has 4 N–H and O–H groups in total. The summed E-state index contributed by atoms with van der Waals surface area (Å²) in [6.45, 7) is -0.867. The topological polar surface area (TPSA) is 163 Å². The molecule has 10 nitrogen and oxygen atoms in total. The van der Waals surface area contributed by atoms with Gasteiger partial charge in [-0.05, 0) is 36.4 Å². The smallest absolute Gasteiger partial charge is 0.374 e. The summed E-state index contributed by atoms with van der Waals surface area (Å²) in [6.07, 6.45) is -0.174. The molecule has 1 heterocycles. The molecule has 0 saturated heterocycles. The number of halogens is 1. The Balaban J connectivity index is 2.07. The van der Waals surface area contributed by atoms with Crippen molar-refractivity contribution in [2.45, 2.75) is 11.5 Å². The fourth-order valence-corrected chi connectivity index (χ4v) is 2.56. The number of carbonyl (C=O) groups is 3. The van der Waals surface area contributed by atoms with E-state index >= 15 is 0 Å². The number of furan rings is 1. The van der Waals surface area contributed by atoms with E-state index in [4.69, 9.17) is 20.0 Å². The summed E-state index contributed by atoms with van der Waals surface area (Å²) in [4.78, 5) is 36.4. The van der Waals surface area contributed by atoms with Gasteiger partial charge in [0.05, 0.1) is 0 Å². The fraction of sp³-hybridized carbons (Fsp3) is 0.188. The lowest BCUT2D eigenvalue weighted by Gasteiger charge is -2.22. The average molecular weight is 413 g/mol. The van der Waals surface area contributed by atoms with Gasteiger partial charge in [-0.2, -0.15) is 0 Å². The van der Waals surface area contributed by atoms with Crippen LogP contribution < -0.4 is 15.8 Å². The second kappa shape index (κ2) is 8.63. The molecular weight excluding hydrogens is 397 g/mol. The highest BCUT2D eigenvalue weighted by Gasteiger charge is 2.22. The van der Waals surface area contributed by atoms with Crippen molar-refractivity contribution in [3.63, 3.8) is 0 Å². The number of hydrogen-bond acceptors (Lipinski definition) is 7. The summed E-state index contributed by atoms with van der Waals surface area (Å²) in [7, 11) is -4.14. The second-order valence-corrected chi connectivity index (χ2v) is 6.97. The zero-order chi connectivity index (χ0) is 20.9. The third kappa shape index (κ3) is 5.62. The lowest BCUT2D eigenvalue weighted by molar-refractivity contribution is -0.122. The number of nitrogens with two attached hydrogens (primary N) is 2. The van der Waals surface area contributed by atoms with Crippen molar-refractivity contribution in [1.29, 1.82) is 0 Å². The zero-order valence-electron chi connectivity index (χ0n) is 14.3. The Morgan fingerprint density at radius 1 is 1.11 bits per heavy atom. The van der Waals surface area contributed by atoms with Crippen LogP contribution in [0.2, 0.25) is 0 Å². The standard InChI is InChI=1S/C16H16FN3O7S/c17-10-1-3-11(4-2-10)20(8-7-13(18)21)14(22)9-26-16(23)12-5-6-15(27-12)28(19,24)25/h1-6H,7-9H2,(H2,18,21)(H2,19,24,25). The molecule has 0 aliphatic rings. The third-order valence-electron chi connectivity index (χ3n) is 3.41. The highest BCUT2D eigenvalue weighted by atomic mass is 32.2. The van der Waals surface area contributed by atoms with Gasteiger partial charge < -0.3 is 19.8 Å². The Morgan fingerprint density at radius 2 is 1.75 bits per heavy atom. The first-order valence-corrected chi connectivity index (χ1v) is 9.26. The van der Waals surface area contributed by atoms with Crippen LogP contribution in [0, 0.1) is 5.82 Å². The molecule has 1 aromatic heterocycles. The Hall–Kier alpha value is -3.25. The van der Waals surface area contributed by atoms with E-state index in [0.29, 0.717) is 0 Å². The van der Waals surface area contributed by atoms with E-state index in [2.05, 4.69) is 0 Å². The fourth-order valence-electron chi connectivity index (χ4n) is 2.10. The van der Waals surface area contributed by atoms with E-state index < -0.39 is 51.1 Å². The van der Waals surface area contributed by atoms with Gasteiger partial charge >= 0.3 is 5.97 Å². The Labute approximate surface area is 158 Å². The average Bonchev–Trinajstić information content (AvgIpc) is 3.11. The predicted octanol–water partition coefficient (Wildman–Crippen LogP) is 0.131. The molecule has 0 aliphatic heterocycles. The van der Waals surface area contributed by atoms with Gasteiger partial charge in [-0.1, -0.05) is 0 Å². The lowest BCUT2D eigenvalue weighted by Crippen LogP contribution is -2.37. The van der Waals surface area contributed by atoms with Crippen molar-refractivity contribution in [2.75, 3.05) is 18.1 Å². The summed E-state index contributed by atoms with van der Waals surface area (Å²) in [6, 6.07) is 6.83. The van der Waals surface area contributed by atoms with Crippen LogP contribution in [0.3, 0.4) is 0 Å². The van der Waals surface area contributed by atoms with E-state index in [1.54, 1.807) is 0 Å². The number of nitrogens with zero attached hydrogens (tertiary/aromatic N) is 1. The molecule has 2 rings (SSSR count). The van der Waals surface area contributed by atoms with Crippen molar-refractivity contribution in [1.82, 2.24) is 0 Å². The van der Waals surface area contributed by atoms with Gasteiger partial charge in [0.2, 0.25) is 16.8 Å². The van der Waals surface area contributed by atoms with Crippen LogP contribution in [-0.4, -0.2) is 39.4 Å². The van der Waals surface area contributed by atoms with Gasteiger partial charge in [-0.15, -0.1) is 0 Å². The number of primary amides is 1. The highest BCUT2D eigenvalue weighted by Crippen LogP contribution is 2.17. The number of hydrogen-bond donors (Lipinski definition) is 2. The Morgan fingerprint density at radius 3 is 2.29 bits per heavy atom. The maximum Gasteiger partial charge on any atom is 0.374 e. The van der Waals surface area contributed by atoms with Crippen molar-refractivity contribution in [3.05, 3.63) is 48.0 Å². The minimum atomic E-state index is -4.14. The first-order valence-electron chi connectivity index (χ1n) is 7.72. The van der Waals surface area contributed by atoms with Crippen LogP contribution in [-0.2, 0) is 24.3 Å². The molecule has 28 heavy (non-hydrogen) atoms. The van der Waals surface area contributed by atoms with Crippen LogP contribution in [0.25, 0.3) is 0 Å². The molecule has 0 spiro atoms. The number of esters is 1. The van der Waals surface area contributed by atoms with Gasteiger partial charge in [-0.25, -0.2) is 22.7 Å². The molecule has 0 saturated carbocycles. The number of rotatable bonds is 8. The van der Waals surface area contributed by atoms with Crippen LogP contribution in [0.5, 0.6) is 0 Å². The summed E-state index contributed by atoms with van der Waals surface area (Å²) in [5.74, 6) is -3.48. The predicted molar refractivity (Wildman–Crippen MR) is 92.9 cm³/mol. The molecule has 0 atom stereocenters. The SMILES string of the molecule is NC(=O)CCN(C(=O)COC(=O)c1ccc(S(N)(=O)=O)o1)c1ccc(F)cc1. The van der Waals surface area contributed by atoms with E-state index in [1.165, 1.54) is 12.1 Å². The molecule has 1 aromatic carbocycles. The third-order valence-corrected chi connectivity index (χ3v) is 4.19. The number of anilines is 1. The molecule has 2 amide bonds. The minimum absolute atomic E-state index is 0.117. The van der Waals surface area contributed by atoms with Crippen molar-refractivity contribution < 1.29 is 36.3 Å². The van der Waals surface area contributed by atoms with Crippen molar-refractivity contribution in [2.24, 2.45) is 10.9 Å². The molecule has 12 heteroatoms. The summed E-state index contributed by atoms with van der Waals surface area (Å²) < 4.78 is 44.9. The quantitative estimate of drug-likeness (QED) is 0.581. The van der Waals surface area contributed by atoms with Gasteiger partial charge in [0.15, 0.2) is 6.61 Å². The molecular formula is C16H16FN3O7S. The highest BCUT2D eigenvalue weighted by molar-refractivity contribution is 7.89. The normalized spacial score (nSPS) is 11.1. The lowest BCUT2D eigenvalue weighted by atomic mass is 10.2. The number of sulfonamides is 1. The zero-order valence-corrected chi connectivity index (χ0v) is 15.1. The van der Waals surface area contributed by atoms with Gasteiger partial charge in [0.25, 0.3) is 15.9 Å². The van der Waals surface area contributed by atoms with E-state index in [1.807, 2.05) is 0 Å². The maximum atomic E-state index is 13.1. The van der Waals surface area contributed by atoms with E-state index in [-0.39, 0.29) is 18.7 Å². The van der Waals surface area contributed by atoms with Crippen molar-refractivity contribution in [3.8, 4) is 0 Å². The number of benzene rings is 1. The van der Waals surface area contributed by atoms with Crippen LogP contribution in [0.1, 0.15) is 17.0 Å². The first kappa shape index (κ1) is 21.1. The number of ether oxygens (including phenoxy) is 1. The van der Waals surface area contributed by atoms with E-state index in [0.717, 1.165) is 29.2 Å². The number of primary sulfonamides is 1. The molecule has 0 radical (unpaired) electrons. The van der Waals surface area contributed by atoms with Gasteiger partial charge in [-0.3, -0.25) is 9.59 Å². The second-order valence-electron chi connectivity index (χ2n) is 5.48. The Bertz CT molecular complexity index is 986. The van der Waals surface area contributed by atoms with Crippen LogP contribution in [0.4, 0.5) is 10.1 Å². The largest absolute Gasteiger partial charge is 0.450 e. The van der Waals surface area contributed by atoms with Crippen LogP contribution >= 0.6 is 0 Å². The molecule has 0 bridgehead atoms. The monoisotopic (exact) mass is 413 g/mol.